The highest BCUT2D eigenvalue weighted by molar-refractivity contribution is 5.93. The fourth-order valence-electron chi connectivity index (χ4n) is 2.14. The van der Waals surface area contributed by atoms with E-state index in [2.05, 4.69) is 4.74 Å². The molecule has 1 N–H and O–H groups in total. The van der Waals surface area contributed by atoms with Gasteiger partial charge >= 0.3 is 12.1 Å². The van der Waals surface area contributed by atoms with Crippen molar-refractivity contribution in [3.8, 4) is 0 Å². The van der Waals surface area contributed by atoms with Gasteiger partial charge in [-0.05, 0) is 18.4 Å². The predicted molar refractivity (Wildman–Crippen MR) is 84.8 cm³/mol. The van der Waals surface area contributed by atoms with Crippen molar-refractivity contribution in [3.63, 3.8) is 0 Å². The molecule has 23 heavy (non-hydrogen) atoms. The molecule has 126 valence electrons. The van der Waals surface area contributed by atoms with E-state index in [9.17, 15) is 14.4 Å². The largest absolute Gasteiger partial charge is 0.455 e. The van der Waals surface area contributed by atoms with Crippen LogP contribution in [0, 0.1) is 5.92 Å². The van der Waals surface area contributed by atoms with Gasteiger partial charge in [-0.3, -0.25) is 14.9 Å². The number of carbonyl (C=O) groups excluding carboxylic acids is 3. The van der Waals surface area contributed by atoms with Crippen LogP contribution < -0.4 is 5.32 Å². The lowest BCUT2D eigenvalue weighted by atomic mass is 9.86. The van der Waals surface area contributed by atoms with Crippen LogP contribution in [-0.4, -0.2) is 31.2 Å². The Kier molecular flexibility index (Phi) is 7.80. The van der Waals surface area contributed by atoms with Crippen molar-refractivity contribution in [1.82, 2.24) is 5.32 Å². The molecule has 2 atom stereocenters. The topological polar surface area (TPSA) is 81.7 Å². The number of carbonyl (C=O) groups is 3. The SMILES string of the molecule is CCOC(=O)NC(=O)COC(=O)[C@H](c1ccccc1)[C@@H](C)CC. The molecule has 0 aliphatic heterocycles. The Hall–Kier alpha value is -2.37. The number of esters is 1. The first kappa shape index (κ1) is 18.7. The zero-order valence-corrected chi connectivity index (χ0v) is 13.7. The van der Waals surface area contributed by atoms with Crippen LogP contribution in [0.2, 0.25) is 0 Å². The summed E-state index contributed by atoms with van der Waals surface area (Å²) < 4.78 is 9.64. The first-order chi connectivity index (χ1) is 11.0. The lowest BCUT2D eigenvalue weighted by molar-refractivity contribution is -0.151. The second kappa shape index (κ2) is 9.61. The molecule has 0 aliphatic rings. The van der Waals surface area contributed by atoms with Gasteiger partial charge in [0.05, 0.1) is 12.5 Å². The number of hydrogen-bond acceptors (Lipinski definition) is 5. The Morgan fingerprint density at radius 2 is 1.74 bits per heavy atom. The maximum Gasteiger partial charge on any atom is 0.413 e. The number of alkyl carbamates (subject to hydrolysis) is 1. The monoisotopic (exact) mass is 321 g/mol. The molecule has 1 rings (SSSR count). The molecule has 2 amide bonds. The maximum absolute atomic E-state index is 12.3. The molecule has 0 aliphatic carbocycles. The average Bonchev–Trinajstić information content (AvgIpc) is 2.54. The molecule has 0 saturated heterocycles. The van der Waals surface area contributed by atoms with E-state index in [-0.39, 0.29) is 12.5 Å². The number of hydrogen-bond donors (Lipinski definition) is 1. The van der Waals surface area contributed by atoms with Gasteiger partial charge in [-0.1, -0.05) is 50.6 Å². The van der Waals surface area contributed by atoms with E-state index in [4.69, 9.17) is 4.74 Å². The van der Waals surface area contributed by atoms with E-state index in [1.54, 1.807) is 6.92 Å². The van der Waals surface area contributed by atoms with Gasteiger partial charge in [0.25, 0.3) is 5.91 Å². The van der Waals surface area contributed by atoms with Crippen LogP contribution in [0.5, 0.6) is 0 Å². The first-order valence-electron chi connectivity index (χ1n) is 7.67. The summed E-state index contributed by atoms with van der Waals surface area (Å²) in [6.45, 7) is 5.21. The molecule has 0 bridgehead atoms. The van der Waals surface area contributed by atoms with Crippen LogP contribution in [-0.2, 0) is 19.1 Å². The summed E-state index contributed by atoms with van der Waals surface area (Å²) in [6.07, 6.45) is -0.0565. The summed E-state index contributed by atoms with van der Waals surface area (Å²) in [5.74, 6) is -1.58. The number of nitrogens with one attached hydrogen (secondary N) is 1. The van der Waals surface area contributed by atoms with Crippen LogP contribution in [0.15, 0.2) is 30.3 Å². The van der Waals surface area contributed by atoms with Crippen molar-refractivity contribution in [3.05, 3.63) is 35.9 Å². The van der Waals surface area contributed by atoms with Gasteiger partial charge in [-0.15, -0.1) is 0 Å². The molecule has 6 heteroatoms. The van der Waals surface area contributed by atoms with Crippen LogP contribution in [0.1, 0.15) is 38.7 Å². The molecule has 0 saturated carbocycles. The van der Waals surface area contributed by atoms with Crippen molar-refractivity contribution in [2.24, 2.45) is 5.92 Å². The summed E-state index contributed by atoms with van der Waals surface area (Å²) in [4.78, 5) is 35.0. The van der Waals surface area contributed by atoms with Gasteiger partial charge in [-0.25, -0.2) is 4.79 Å². The summed E-state index contributed by atoms with van der Waals surface area (Å²) in [7, 11) is 0. The Morgan fingerprint density at radius 3 is 2.30 bits per heavy atom. The Morgan fingerprint density at radius 1 is 1.09 bits per heavy atom. The van der Waals surface area contributed by atoms with Crippen molar-refractivity contribution >= 4 is 18.0 Å². The molecule has 0 spiro atoms. The lowest BCUT2D eigenvalue weighted by Crippen LogP contribution is -2.35. The normalized spacial score (nSPS) is 12.8. The molecule has 0 heterocycles. The van der Waals surface area contributed by atoms with Gasteiger partial charge in [-0.2, -0.15) is 0 Å². The van der Waals surface area contributed by atoms with E-state index in [1.807, 2.05) is 49.5 Å². The molecule has 0 aromatic heterocycles. The van der Waals surface area contributed by atoms with E-state index in [0.717, 1.165) is 12.0 Å². The smallest absolute Gasteiger partial charge is 0.413 e. The predicted octanol–water partition coefficient (Wildman–Crippen LogP) is 2.63. The van der Waals surface area contributed by atoms with E-state index < -0.39 is 30.5 Å². The number of imide groups is 1. The second-order valence-electron chi connectivity index (χ2n) is 5.15. The number of benzene rings is 1. The molecule has 1 aromatic carbocycles. The maximum atomic E-state index is 12.3. The standard InChI is InChI=1S/C17H23NO5/c1-4-12(3)15(13-9-7-6-8-10-13)16(20)23-11-14(19)18-17(21)22-5-2/h6-10,12,15H,4-5,11H2,1-3H3,(H,18,19,21)/t12-,15-/m0/s1. The number of amides is 2. The van der Waals surface area contributed by atoms with Gasteiger partial charge in [0.15, 0.2) is 6.61 Å². The molecule has 1 aromatic rings. The summed E-state index contributed by atoms with van der Waals surface area (Å²) >= 11 is 0. The summed E-state index contributed by atoms with van der Waals surface area (Å²) in [5, 5.41) is 1.98. The van der Waals surface area contributed by atoms with Crippen molar-refractivity contribution in [2.45, 2.75) is 33.1 Å². The molecular weight excluding hydrogens is 298 g/mol. The highest BCUT2D eigenvalue weighted by atomic mass is 16.6. The van der Waals surface area contributed by atoms with E-state index in [0.29, 0.717) is 0 Å². The lowest BCUT2D eigenvalue weighted by Gasteiger charge is -2.21. The third kappa shape index (κ3) is 6.10. The van der Waals surface area contributed by atoms with Crippen molar-refractivity contribution < 1.29 is 23.9 Å². The second-order valence-corrected chi connectivity index (χ2v) is 5.15. The third-order valence-electron chi connectivity index (χ3n) is 3.49. The molecular formula is C17H23NO5. The number of rotatable bonds is 7. The summed E-state index contributed by atoms with van der Waals surface area (Å²) in [6, 6.07) is 9.29. The van der Waals surface area contributed by atoms with Crippen LogP contribution in [0.3, 0.4) is 0 Å². The molecule has 0 unspecified atom stereocenters. The minimum Gasteiger partial charge on any atom is -0.455 e. The minimum absolute atomic E-state index is 0.0676. The van der Waals surface area contributed by atoms with Crippen LogP contribution in [0.4, 0.5) is 4.79 Å². The minimum atomic E-state index is -0.852. The van der Waals surface area contributed by atoms with Gasteiger partial charge in [0.2, 0.25) is 0 Å². The first-order valence-corrected chi connectivity index (χ1v) is 7.67. The van der Waals surface area contributed by atoms with E-state index >= 15 is 0 Å². The van der Waals surface area contributed by atoms with Crippen molar-refractivity contribution in [2.75, 3.05) is 13.2 Å². The quantitative estimate of drug-likeness (QED) is 0.781. The molecule has 0 fully saturated rings. The van der Waals surface area contributed by atoms with E-state index in [1.165, 1.54) is 0 Å². The third-order valence-corrected chi connectivity index (χ3v) is 3.49. The van der Waals surface area contributed by atoms with Crippen LogP contribution >= 0.6 is 0 Å². The van der Waals surface area contributed by atoms with Crippen molar-refractivity contribution in [1.29, 1.82) is 0 Å². The molecule has 6 nitrogen and oxygen atoms in total. The zero-order valence-electron chi connectivity index (χ0n) is 13.7. The highest BCUT2D eigenvalue weighted by Gasteiger charge is 2.27. The Labute approximate surface area is 136 Å². The number of ether oxygens (including phenoxy) is 2. The average molecular weight is 321 g/mol. The van der Waals surface area contributed by atoms with Gasteiger partial charge in [0.1, 0.15) is 0 Å². The highest BCUT2D eigenvalue weighted by Crippen LogP contribution is 2.28. The summed E-state index contributed by atoms with van der Waals surface area (Å²) in [5.41, 5.74) is 0.845. The zero-order chi connectivity index (χ0) is 17.2. The fraction of sp³-hybridized carbons (Fsp3) is 0.471. The fourth-order valence-corrected chi connectivity index (χ4v) is 2.14. The Bertz CT molecular complexity index is 529. The van der Waals surface area contributed by atoms with Crippen LogP contribution in [0.25, 0.3) is 0 Å². The molecule has 0 radical (unpaired) electrons. The van der Waals surface area contributed by atoms with Gasteiger partial charge < -0.3 is 9.47 Å². The Balaban J connectivity index is 2.65. The van der Waals surface area contributed by atoms with Gasteiger partial charge in [0, 0.05) is 0 Å².